The van der Waals surface area contributed by atoms with Crippen LogP contribution >= 0.6 is 0 Å². The van der Waals surface area contributed by atoms with E-state index in [1.807, 2.05) is 91.1 Å². The van der Waals surface area contributed by atoms with Crippen LogP contribution in [0.25, 0.3) is 61.0 Å². The number of hydrogen-bond donors (Lipinski definition) is 0. The minimum absolute atomic E-state index is 0.105. The van der Waals surface area contributed by atoms with Gasteiger partial charge < -0.3 is 14.5 Å². The highest BCUT2D eigenvalue weighted by Gasteiger charge is 2.38. The van der Waals surface area contributed by atoms with Crippen molar-refractivity contribution in [3.63, 3.8) is 0 Å². The Kier molecular flexibility index (Phi) is 8.91. The molecule has 1 aliphatic carbocycles. The Hall–Kier alpha value is -7.89. The Balaban J connectivity index is 1.06. The third-order valence-electron chi connectivity index (χ3n) is 15.4. The van der Waals surface area contributed by atoms with Crippen molar-refractivity contribution >= 4 is 44.6 Å². The zero-order chi connectivity index (χ0) is 63.9. The van der Waals surface area contributed by atoms with Gasteiger partial charge in [-0.2, -0.15) is 0 Å². The van der Waals surface area contributed by atoms with Crippen LogP contribution in [0.4, 0.5) is 22.7 Å². The number of nitrogens with zero attached hydrogens (tertiary/aromatic N) is 4. The number of benzene rings is 8. The average molecular weight is 1010 g/mol. The van der Waals surface area contributed by atoms with Crippen LogP contribution in [0.15, 0.2) is 188 Å². The molecule has 380 valence electrons. The van der Waals surface area contributed by atoms with Crippen LogP contribution in [0, 0.1) is 12.8 Å². The lowest BCUT2D eigenvalue weighted by atomic mass is 9.63. The van der Waals surface area contributed by atoms with Gasteiger partial charge in [-0.25, -0.2) is 4.98 Å². The molecule has 12 rings (SSSR count). The Morgan fingerprint density at radius 1 is 0.632 bits per heavy atom. The van der Waals surface area contributed by atoms with Crippen molar-refractivity contribution in [2.45, 2.75) is 105 Å². The van der Waals surface area contributed by atoms with Crippen molar-refractivity contribution in [2.75, 3.05) is 16.5 Å². The summed E-state index contributed by atoms with van der Waals surface area (Å²) < 4.78 is 128. The molecule has 0 atom stereocenters. The second kappa shape index (κ2) is 18.7. The summed E-state index contributed by atoms with van der Waals surface area (Å²) >= 11 is 0. The maximum Gasteiger partial charge on any atom is 0.137 e. The molecule has 0 saturated carbocycles. The highest BCUT2D eigenvalue weighted by molar-refractivity contribution is 6.09. The van der Waals surface area contributed by atoms with E-state index in [1.165, 1.54) is 5.56 Å². The van der Waals surface area contributed by atoms with Crippen molar-refractivity contribution < 1.29 is 22.6 Å². The molecule has 0 radical (unpaired) electrons. The van der Waals surface area contributed by atoms with Gasteiger partial charge in [0, 0.05) is 52.8 Å². The van der Waals surface area contributed by atoms with Crippen LogP contribution in [0.2, 0.25) is 0 Å². The molecule has 0 unspecified atom stereocenters. The fourth-order valence-corrected chi connectivity index (χ4v) is 11.3. The molecule has 1 aliphatic heterocycles. The molecule has 2 aromatic heterocycles. The van der Waals surface area contributed by atoms with Crippen LogP contribution in [-0.4, -0.2) is 16.2 Å². The fraction of sp³-hybridized carbons (Fsp3) is 0.254. The van der Waals surface area contributed by atoms with Gasteiger partial charge in [0.25, 0.3) is 0 Å². The first-order chi connectivity index (χ1) is 41.8. The summed E-state index contributed by atoms with van der Waals surface area (Å²) in [5, 5.41) is 2.13. The standard InChI is InChI=1S/C71H70N4O/c1-46(2)38-48-39-59(50-28-26-49(27-29-50)56-21-12-11-18-47(56)3)68(60(40-48)51-30-33-61-62(41-51)71(9,10)36-35-70(61,7)8)74-45-73(64-24-15-16-25-65(64)74)53-19-17-20-54(43-53)76-55-31-32-58-57-22-13-14-23-63(57)75(66(58)44-55)67-42-52(34-37-72-67)69(4,5)6/h11-34,37,39-44,46H,35-36,38,45H2,1-10H3/i3D3,11D,12D,18D,21D,26D,27D,28D,29D,38D2. The SMILES string of the molecule is [2H]c1c([2H])c([2H])c(C([2H])([2H])[2H])c(-c2c([2H])c([2H])c(-c3cc(C([2H])([2H])C(C)C)cc(-c4ccc5c(c4)C(C)(C)CCC5(C)C)c3N3CN(c4cccc(Oc5ccc6c7ccccc7n(-c7cc(C(C)(C)C)ccn7)c6c5)c4)c4ccccc43)c([2H])c2[2H])c1[2H]. The fourth-order valence-electron chi connectivity index (χ4n) is 11.3. The Bertz CT molecular complexity index is 4530. The van der Waals surface area contributed by atoms with Crippen molar-refractivity contribution in [1.82, 2.24) is 9.55 Å². The second-order valence-electron chi connectivity index (χ2n) is 23.0. The highest BCUT2D eigenvalue weighted by Crippen LogP contribution is 2.53. The van der Waals surface area contributed by atoms with E-state index in [2.05, 4.69) is 105 Å². The van der Waals surface area contributed by atoms with Gasteiger partial charge in [-0.05, 0) is 165 Å². The maximum absolute atomic E-state index is 10.0. The predicted molar refractivity (Wildman–Crippen MR) is 321 cm³/mol. The first-order valence-corrected chi connectivity index (χ1v) is 26.3. The van der Waals surface area contributed by atoms with E-state index in [0.29, 0.717) is 22.7 Å². The van der Waals surface area contributed by atoms with Gasteiger partial charge >= 0.3 is 0 Å². The van der Waals surface area contributed by atoms with Gasteiger partial charge in [0.2, 0.25) is 0 Å². The summed E-state index contributed by atoms with van der Waals surface area (Å²) in [5.74, 6) is 1.38. The highest BCUT2D eigenvalue weighted by atomic mass is 16.5. The number of rotatable bonds is 10. The summed E-state index contributed by atoms with van der Waals surface area (Å²) in [6.45, 7) is 16.1. The number of hydrogen-bond acceptors (Lipinski definition) is 4. The molecule has 0 saturated heterocycles. The third kappa shape index (κ3) is 8.83. The molecule has 0 N–H and O–H groups in total. The molecule has 10 aromatic rings. The largest absolute Gasteiger partial charge is 0.457 e. The lowest BCUT2D eigenvalue weighted by Gasteiger charge is -2.42. The third-order valence-corrected chi connectivity index (χ3v) is 15.4. The normalized spacial score (nSPS) is 17.7. The molecule has 0 amide bonds. The van der Waals surface area contributed by atoms with Gasteiger partial charge in [0.1, 0.15) is 24.0 Å². The Labute approximate surface area is 468 Å². The molecule has 5 heteroatoms. The molecule has 5 nitrogen and oxygen atoms in total. The molecule has 3 heterocycles. The molecule has 76 heavy (non-hydrogen) atoms. The summed E-state index contributed by atoms with van der Waals surface area (Å²) in [6, 6.07) is 38.1. The summed E-state index contributed by atoms with van der Waals surface area (Å²) in [4.78, 5) is 9.07. The Morgan fingerprint density at radius 2 is 1.30 bits per heavy atom. The molecule has 0 fully saturated rings. The van der Waals surface area contributed by atoms with Gasteiger partial charge in [0.15, 0.2) is 0 Å². The first kappa shape index (κ1) is 36.2. The molecule has 2 aliphatic rings. The average Bonchev–Trinajstić information content (AvgIpc) is 1.65. The minimum atomic E-state index is -3.15. The summed E-state index contributed by atoms with van der Waals surface area (Å²) in [6.07, 6.45) is 1.73. The number of fused-ring (bicyclic) bond motifs is 5. The molecule has 0 spiro atoms. The lowest BCUT2D eigenvalue weighted by molar-refractivity contribution is 0.332. The van der Waals surface area contributed by atoms with Crippen LogP contribution in [0.5, 0.6) is 11.5 Å². The van der Waals surface area contributed by atoms with E-state index in [1.54, 1.807) is 19.9 Å². The maximum atomic E-state index is 10.0. The van der Waals surface area contributed by atoms with E-state index >= 15 is 0 Å². The number of para-hydroxylation sites is 3. The van der Waals surface area contributed by atoms with Gasteiger partial charge in [-0.1, -0.05) is 165 Å². The number of ether oxygens (including phenoxy) is 1. The zero-order valence-corrected chi connectivity index (χ0v) is 44.7. The Morgan fingerprint density at radius 3 is 2.05 bits per heavy atom. The van der Waals surface area contributed by atoms with Gasteiger partial charge in [-0.3, -0.25) is 4.57 Å². The van der Waals surface area contributed by atoms with Crippen molar-refractivity contribution in [3.8, 4) is 50.7 Å². The van der Waals surface area contributed by atoms with Crippen LogP contribution < -0.4 is 14.5 Å². The topological polar surface area (TPSA) is 33.5 Å². The zero-order valence-electron chi connectivity index (χ0n) is 57.7. The van der Waals surface area contributed by atoms with E-state index in [0.717, 1.165) is 74.2 Å². The van der Waals surface area contributed by atoms with Crippen LogP contribution in [0.3, 0.4) is 0 Å². The minimum Gasteiger partial charge on any atom is -0.457 e. The first-order valence-electron chi connectivity index (χ1n) is 32.8. The molecular formula is C71H70N4O. The van der Waals surface area contributed by atoms with E-state index < -0.39 is 84.2 Å². The van der Waals surface area contributed by atoms with Crippen molar-refractivity contribution in [1.29, 1.82) is 0 Å². The van der Waals surface area contributed by atoms with Gasteiger partial charge in [0.05, 0.1) is 39.1 Å². The quantitative estimate of drug-likeness (QED) is 0.137. The molecule has 0 bridgehead atoms. The number of aromatic nitrogens is 2. The van der Waals surface area contributed by atoms with E-state index in [-0.39, 0.29) is 39.6 Å². The summed E-state index contributed by atoms with van der Waals surface area (Å²) in [5.41, 5.74) is 7.05. The monoisotopic (exact) mass is 1010 g/mol. The van der Waals surface area contributed by atoms with Crippen LogP contribution in [0.1, 0.15) is 121 Å². The molecule has 8 aromatic carbocycles. The van der Waals surface area contributed by atoms with Crippen molar-refractivity contribution in [2.24, 2.45) is 5.92 Å². The smallest absolute Gasteiger partial charge is 0.137 e. The number of anilines is 4. The number of pyridine rings is 1. The van der Waals surface area contributed by atoms with Crippen LogP contribution in [-0.2, 0) is 22.6 Å². The second-order valence-corrected chi connectivity index (χ2v) is 23.0. The molecular weight excluding hydrogens is 925 g/mol. The predicted octanol–water partition coefficient (Wildman–Crippen LogP) is 19.4. The van der Waals surface area contributed by atoms with E-state index in [9.17, 15) is 8.22 Å². The summed E-state index contributed by atoms with van der Waals surface area (Å²) in [7, 11) is 0. The van der Waals surface area contributed by atoms with Crippen molar-refractivity contribution in [3.05, 3.63) is 216 Å². The lowest BCUT2D eigenvalue weighted by Crippen LogP contribution is -2.33. The van der Waals surface area contributed by atoms with E-state index in [4.69, 9.17) is 19.3 Å². The van der Waals surface area contributed by atoms with Gasteiger partial charge in [-0.15, -0.1) is 0 Å².